The van der Waals surface area contributed by atoms with Crippen molar-refractivity contribution >= 4 is 0 Å². The Balaban J connectivity index is 2.34. The van der Waals surface area contributed by atoms with Crippen LogP contribution in [0.2, 0.25) is 0 Å². The Bertz CT molecular complexity index is 119. The Morgan fingerprint density at radius 2 is 1.80 bits per heavy atom. The molecule has 1 rings (SSSR count). The molecule has 1 saturated carbocycles. The average Bonchev–Trinajstić information content (AvgIpc) is 1.58. The van der Waals surface area contributed by atoms with Gasteiger partial charge in [-0.15, -0.1) is 0 Å². The molecule has 0 aromatic carbocycles. The molecule has 0 aliphatic heterocycles. The zero-order valence-corrected chi connectivity index (χ0v) is 7.28. The molecule has 0 spiro atoms. The van der Waals surface area contributed by atoms with Crippen molar-refractivity contribution in [2.75, 3.05) is 0 Å². The molecular formula is C9H18O. The molecule has 0 saturated heterocycles. The summed E-state index contributed by atoms with van der Waals surface area (Å²) in [5.41, 5.74) is 0.113. The summed E-state index contributed by atoms with van der Waals surface area (Å²) in [6.45, 7) is 6.57. The lowest BCUT2D eigenvalue weighted by molar-refractivity contribution is -0.117. The molecule has 1 aliphatic rings. The monoisotopic (exact) mass is 142 g/mol. The average molecular weight is 142 g/mol. The molecule has 60 valence electrons. The van der Waals surface area contributed by atoms with Crippen molar-refractivity contribution in [2.45, 2.75) is 52.1 Å². The summed E-state index contributed by atoms with van der Waals surface area (Å²) in [5.74, 6) is 0. The molecule has 0 radical (unpaired) electrons. The lowest BCUT2D eigenvalue weighted by atomic mass is 9.60. The number of aliphatic hydroxyl groups is 1. The lowest BCUT2D eigenvalue weighted by Crippen LogP contribution is -2.48. The van der Waals surface area contributed by atoms with Crippen molar-refractivity contribution in [3.63, 3.8) is 0 Å². The van der Waals surface area contributed by atoms with Crippen molar-refractivity contribution < 1.29 is 5.11 Å². The van der Waals surface area contributed by atoms with Crippen LogP contribution in [-0.4, -0.2) is 10.7 Å². The fraction of sp³-hybridized carbons (Fsp3) is 1.00. The normalized spacial score (nSPS) is 27.6. The van der Waals surface area contributed by atoms with Gasteiger partial charge in [0.2, 0.25) is 0 Å². The van der Waals surface area contributed by atoms with E-state index < -0.39 is 0 Å². The smallest absolute Gasteiger partial charge is 0.0658 e. The van der Waals surface area contributed by atoms with Crippen molar-refractivity contribution in [1.82, 2.24) is 0 Å². The molecule has 0 aromatic heterocycles. The summed E-state index contributed by atoms with van der Waals surface area (Å²) >= 11 is 0. The van der Waals surface area contributed by atoms with Crippen LogP contribution in [0.3, 0.4) is 0 Å². The summed E-state index contributed by atoms with van der Waals surface area (Å²) in [7, 11) is 0. The van der Waals surface area contributed by atoms with Crippen LogP contribution in [0, 0.1) is 5.41 Å². The Morgan fingerprint density at radius 3 is 2.10 bits per heavy atom. The molecule has 0 aromatic rings. The van der Waals surface area contributed by atoms with Gasteiger partial charge >= 0.3 is 0 Å². The fourth-order valence-electron chi connectivity index (χ4n) is 2.37. The Kier molecular flexibility index (Phi) is 1.80. The van der Waals surface area contributed by atoms with Crippen LogP contribution in [0.15, 0.2) is 0 Å². The van der Waals surface area contributed by atoms with Crippen LogP contribution in [0.5, 0.6) is 0 Å². The van der Waals surface area contributed by atoms with Gasteiger partial charge in [0, 0.05) is 0 Å². The van der Waals surface area contributed by atoms with Gasteiger partial charge in [-0.3, -0.25) is 0 Å². The first-order chi connectivity index (χ1) is 4.47. The van der Waals surface area contributed by atoms with E-state index in [0.29, 0.717) is 5.41 Å². The van der Waals surface area contributed by atoms with Gasteiger partial charge in [0.15, 0.2) is 0 Å². The molecule has 1 heteroatoms. The van der Waals surface area contributed by atoms with Gasteiger partial charge in [0.05, 0.1) is 5.60 Å². The first-order valence-electron chi connectivity index (χ1n) is 4.20. The van der Waals surface area contributed by atoms with E-state index in [0.717, 1.165) is 25.7 Å². The van der Waals surface area contributed by atoms with Gasteiger partial charge in [0.25, 0.3) is 0 Å². The highest BCUT2D eigenvalue weighted by Gasteiger charge is 2.46. The van der Waals surface area contributed by atoms with Crippen LogP contribution in [0.1, 0.15) is 46.5 Å². The van der Waals surface area contributed by atoms with Gasteiger partial charge in [0.1, 0.15) is 0 Å². The highest BCUT2D eigenvalue weighted by Crippen LogP contribution is 2.49. The third kappa shape index (κ3) is 1.51. The zero-order valence-electron chi connectivity index (χ0n) is 7.28. The molecule has 0 atom stereocenters. The first kappa shape index (κ1) is 8.06. The minimum Gasteiger partial charge on any atom is -0.390 e. The standard InChI is InChI=1S/C9H18O/c1-4-5-9(10)6-8(2,3)7-9/h10H,4-7H2,1-3H3. The van der Waals surface area contributed by atoms with Crippen LogP contribution < -0.4 is 0 Å². The Morgan fingerprint density at radius 1 is 1.30 bits per heavy atom. The van der Waals surface area contributed by atoms with E-state index in [1.807, 2.05) is 0 Å². The van der Waals surface area contributed by atoms with Crippen molar-refractivity contribution in [1.29, 1.82) is 0 Å². The van der Waals surface area contributed by atoms with Gasteiger partial charge < -0.3 is 5.11 Å². The van der Waals surface area contributed by atoms with E-state index >= 15 is 0 Å². The summed E-state index contributed by atoms with van der Waals surface area (Å²) in [6.07, 6.45) is 4.07. The van der Waals surface area contributed by atoms with Crippen molar-refractivity contribution in [2.24, 2.45) is 5.41 Å². The van der Waals surface area contributed by atoms with Gasteiger partial charge in [-0.05, 0) is 24.7 Å². The van der Waals surface area contributed by atoms with E-state index in [1.54, 1.807) is 0 Å². The van der Waals surface area contributed by atoms with Crippen LogP contribution in [-0.2, 0) is 0 Å². The maximum absolute atomic E-state index is 9.75. The zero-order chi connectivity index (χ0) is 7.83. The molecule has 1 aliphatic carbocycles. The van der Waals surface area contributed by atoms with E-state index in [9.17, 15) is 5.11 Å². The predicted molar refractivity (Wildman–Crippen MR) is 42.9 cm³/mol. The molecule has 0 unspecified atom stereocenters. The number of rotatable bonds is 2. The van der Waals surface area contributed by atoms with Crippen LogP contribution in [0.25, 0.3) is 0 Å². The molecule has 0 amide bonds. The second kappa shape index (κ2) is 2.23. The lowest BCUT2D eigenvalue weighted by Gasteiger charge is -2.50. The number of hydrogen-bond donors (Lipinski definition) is 1. The Labute approximate surface area is 63.4 Å². The molecule has 1 N–H and O–H groups in total. The summed E-state index contributed by atoms with van der Waals surface area (Å²) in [4.78, 5) is 0. The molecular weight excluding hydrogens is 124 g/mol. The predicted octanol–water partition coefficient (Wildman–Crippen LogP) is 2.34. The van der Waals surface area contributed by atoms with Gasteiger partial charge in [-0.2, -0.15) is 0 Å². The topological polar surface area (TPSA) is 20.2 Å². The van der Waals surface area contributed by atoms with E-state index in [4.69, 9.17) is 0 Å². The maximum Gasteiger partial charge on any atom is 0.0658 e. The SMILES string of the molecule is CCCC1(O)CC(C)(C)C1. The van der Waals surface area contributed by atoms with E-state index in [1.165, 1.54) is 0 Å². The number of hydrogen-bond acceptors (Lipinski definition) is 1. The maximum atomic E-state index is 9.75. The highest BCUT2D eigenvalue weighted by molar-refractivity contribution is 4.98. The molecule has 10 heavy (non-hydrogen) atoms. The molecule has 1 fully saturated rings. The molecule has 0 heterocycles. The molecule has 1 nitrogen and oxygen atoms in total. The van der Waals surface area contributed by atoms with Crippen molar-refractivity contribution in [3.8, 4) is 0 Å². The summed E-state index contributed by atoms with van der Waals surface area (Å²) < 4.78 is 0. The molecule has 0 bridgehead atoms. The van der Waals surface area contributed by atoms with Gasteiger partial charge in [-0.25, -0.2) is 0 Å². The quantitative estimate of drug-likeness (QED) is 0.627. The first-order valence-corrected chi connectivity index (χ1v) is 4.20. The van der Waals surface area contributed by atoms with Crippen molar-refractivity contribution in [3.05, 3.63) is 0 Å². The fourth-order valence-corrected chi connectivity index (χ4v) is 2.37. The van der Waals surface area contributed by atoms with Gasteiger partial charge in [-0.1, -0.05) is 27.2 Å². The minimum absolute atomic E-state index is 0.293. The largest absolute Gasteiger partial charge is 0.390 e. The Hall–Kier alpha value is -0.0400. The third-order valence-electron chi connectivity index (χ3n) is 2.33. The van der Waals surface area contributed by atoms with E-state index in [-0.39, 0.29) is 5.60 Å². The van der Waals surface area contributed by atoms with Crippen LogP contribution in [0.4, 0.5) is 0 Å². The summed E-state index contributed by atoms with van der Waals surface area (Å²) in [5, 5.41) is 9.75. The second-order valence-electron chi connectivity index (χ2n) is 4.49. The third-order valence-corrected chi connectivity index (χ3v) is 2.33. The minimum atomic E-state index is -0.293. The highest BCUT2D eigenvalue weighted by atomic mass is 16.3. The van der Waals surface area contributed by atoms with Crippen LogP contribution >= 0.6 is 0 Å². The van der Waals surface area contributed by atoms with E-state index in [2.05, 4.69) is 20.8 Å². The summed E-state index contributed by atoms with van der Waals surface area (Å²) in [6, 6.07) is 0. The second-order valence-corrected chi connectivity index (χ2v) is 4.49.